The predicted molar refractivity (Wildman–Crippen MR) is 93.1 cm³/mol. The van der Waals surface area contributed by atoms with Crippen LogP contribution in [0.25, 0.3) is 0 Å². The molecule has 1 aromatic heterocycles. The molecule has 0 aliphatic rings. The molecule has 0 aliphatic heterocycles. The van der Waals surface area contributed by atoms with E-state index in [2.05, 4.69) is 10.4 Å². The van der Waals surface area contributed by atoms with Crippen LogP contribution in [-0.4, -0.2) is 35.2 Å². The lowest BCUT2D eigenvalue weighted by Gasteiger charge is -2.18. The summed E-state index contributed by atoms with van der Waals surface area (Å²) in [6, 6.07) is 8.08. The second-order valence-corrected chi connectivity index (χ2v) is 6.49. The van der Waals surface area contributed by atoms with E-state index < -0.39 is 0 Å². The van der Waals surface area contributed by atoms with Crippen molar-refractivity contribution in [3.63, 3.8) is 0 Å². The van der Waals surface area contributed by atoms with Crippen molar-refractivity contribution >= 4 is 17.7 Å². The molecular formula is C17H22FN3O2S. The molecule has 2 rings (SSSR count). The normalized spacial score (nSPS) is 12.1. The van der Waals surface area contributed by atoms with Crippen LogP contribution in [0.1, 0.15) is 23.7 Å². The van der Waals surface area contributed by atoms with Gasteiger partial charge in [0.1, 0.15) is 5.82 Å². The van der Waals surface area contributed by atoms with E-state index in [-0.39, 0.29) is 17.8 Å². The first kappa shape index (κ1) is 18.5. The Kier molecular flexibility index (Phi) is 7.27. The van der Waals surface area contributed by atoms with Gasteiger partial charge in [0, 0.05) is 38.3 Å². The van der Waals surface area contributed by atoms with Crippen molar-refractivity contribution in [1.82, 2.24) is 15.1 Å². The number of halogens is 1. The Morgan fingerprint density at radius 2 is 2.12 bits per heavy atom. The predicted octanol–water partition coefficient (Wildman–Crippen LogP) is 2.69. The number of carbonyl (C=O) groups is 1. The number of amides is 1. The Labute approximate surface area is 145 Å². The number of rotatable bonds is 9. The summed E-state index contributed by atoms with van der Waals surface area (Å²) in [6.45, 7) is 0.397. The third-order valence-corrected chi connectivity index (χ3v) is 4.57. The summed E-state index contributed by atoms with van der Waals surface area (Å²) in [5, 5.41) is 7.10. The van der Waals surface area contributed by atoms with Gasteiger partial charge in [0.15, 0.2) is 0 Å². The second kappa shape index (κ2) is 9.44. The zero-order valence-corrected chi connectivity index (χ0v) is 14.7. The highest BCUT2D eigenvalue weighted by Gasteiger charge is 2.17. The first-order valence-electron chi connectivity index (χ1n) is 7.68. The first-order valence-corrected chi connectivity index (χ1v) is 8.84. The topological polar surface area (TPSA) is 56.1 Å². The lowest BCUT2D eigenvalue weighted by atomic mass is 10.2. The van der Waals surface area contributed by atoms with Crippen LogP contribution in [-0.2, 0) is 22.3 Å². The molecule has 0 fully saturated rings. The zero-order valence-electron chi connectivity index (χ0n) is 13.9. The molecule has 0 aliphatic carbocycles. The minimum Gasteiger partial charge on any atom is -0.382 e. The third-order valence-electron chi connectivity index (χ3n) is 3.54. The highest BCUT2D eigenvalue weighted by molar-refractivity contribution is 7.98. The number of aromatic nitrogens is 2. The van der Waals surface area contributed by atoms with Crippen LogP contribution in [0.3, 0.4) is 0 Å². The van der Waals surface area contributed by atoms with Gasteiger partial charge < -0.3 is 10.1 Å². The summed E-state index contributed by atoms with van der Waals surface area (Å²) in [5.41, 5.74) is 1.96. The molecule has 1 heterocycles. The van der Waals surface area contributed by atoms with E-state index in [0.29, 0.717) is 18.8 Å². The molecule has 0 unspecified atom stereocenters. The van der Waals surface area contributed by atoms with E-state index in [9.17, 15) is 9.18 Å². The van der Waals surface area contributed by atoms with Crippen LogP contribution in [0.4, 0.5) is 4.39 Å². The molecule has 1 amide bonds. The maximum Gasteiger partial charge on any atom is 0.221 e. The number of aryl methyl sites for hydroxylation is 1. The SMILES string of the molecule is COC[C@@H](NC(=O)CCSCc1ccc(F)cc1)c1ccnn1C. The molecule has 0 saturated heterocycles. The highest BCUT2D eigenvalue weighted by Crippen LogP contribution is 2.15. The largest absolute Gasteiger partial charge is 0.382 e. The molecular weight excluding hydrogens is 329 g/mol. The fraction of sp³-hybridized carbons (Fsp3) is 0.412. The number of thioether (sulfide) groups is 1. The molecule has 24 heavy (non-hydrogen) atoms. The van der Waals surface area contributed by atoms with Crippen LogP contribution in [0.5, 0.6) is 0 Å². The first-order chi connectivity index (χ1) is 11.6. The van der Waals surface area contributed by atoms with Crippen LogP contribution >= 0.6 is 11.8 Å². The molecule has 1 N–H and O–H groups in total. The van der Waals surface area contributed by atoms with Crippen molar-refractivity contribution < 1.29 is 13.9 Å². The molecule has 7 heteroatoms. The average molecular weight is 351 g/mol. The van der Waals surface area contributed by atoms with Crippen LogP contribution < -0.4 is 5.32 Å². The van der Waals surface area contributed by atoms with Crippen LogP contribution in [0, 0.1) is 5.82 Å². The lowest BCUT2D eigenvalue weighted by Crippen LogP contribution is -2.32. The van der Waals surface area contributed by atoms with Gasteiger partial charge in [0.2, 0.25) is 5.91 Å². The number of hydrogen-bond acceptors (Lipinski definition) is 4. The summed E-state index contributed by atoms with van der Waals surface area (Å²) < 4.78 is 19.7. The lowest BCUT2D eigenvalue weighted by molar-refractivity contribution is -0.121. The molecule has 0 saturated carbocycles. The molecule has 1 aromatic carbocycles. The summed E-state index contributed by atoms with van der Waals surface area (Å²) in [4.78, 5) is 12.1. The van der Waals surface area contributed by atoms with Crippen molar-refractivity contribution in [3.8, 4) is 0 Å². The smallest absolute Gasteiger partial charge is 0.221 e. The fourth-order valence-corrected chi connectivity index (χ4v) is 3.20. The van der Waals surface area contributed by atoms with E-state index >= 15 is 0 Å². The summed E-state index contributed by atoms with van der Waals surface area (Å²) in [6.07, 6.45) is 2.12. The Hall–Kier alpha value is -1.86. The van der Waals surface area contributed by atoms with E-state index in [4.69, 9.17) is 4.74 Å². The summed E-state index contributed by atoms with van der Waals surface area (Å²) >= 11 is 1.65. The maximum atomic E-state index is 12.8. The van der Waals surface area contributed by atoms with E-state index in [0.717, 1.165) is 17.0 Å². The molecule has 1 atom stereocenters. The van der Waals surface area contributed by atoms with Gasteiger partial charge in [-0.1, -0.05) is 12.1 Å². The van der Waals surface area contributed by atoms with Crippen molar-refractivity contribution in [2.45, 2.75) is 18.2 Å². The standard InChI is InChI=1S/C17H22FN3O2S/c1-21-16(7-9-19-21)15(11-23-2)20-17(22)8-10-24-12-13-3-5-14(18)6-4-13/h3-7,9,15H,8,10-12H2,1-2H3,(H,20,22)/t15-/m1/s1. The van der Waals surface area contributed by atoms with Gasteiger partial charge in [-0.15, -0.1) is 0 Å². The monoisotopic (exact) mass is 351 g/mol. The van der Waals surface area contributed by atoms with Crippen molar-refractivity contribution in [1.29, 1.82) is 0 Å². The van der Waals surface area contributed by atoms with E-state index in [1.54, 1.807) is 41.9 Å². The molecule has 0 bridgehead atoms. The van der Waals surface area contributed by atoms with Gasteiger partial charge in [-0.25, -0.2) is 4.39 Å². The van der Waals surface area contributed by atoms with E-state index in [1.165, 1.54) is 12.1 Å². The number of nitrogens with zero attached hydrogens (tertiary/aromatic N) is 2. The van der Waals surface area contributed by atoms with Crippen LogP contribution in [0.2, 0.25) is 0 Å². The number of ether oxygens (including phenoxy) is 1. The van der Waals surface area contributed by atoms with Crippen molar-refractivity contribution in [2.75, 3.05) is 19.5 Å². The minimum absolute atomic E-state index is 0.0233. The quantitative estimate of drug-likeness (QED) is 0.706. The molecule has 0 spiro atoms. The number of methoxy groups -OCH3 is 1. The molecule has 5 nitrogen and oxygen atoms in total. The molecule has 0 radical (unpaired) electrons. The van der Waals surface area contributed by atoms with Gasteiger partial charge in [0.25, 0.3) is 0 Å². The second-order valence-electron chi connectivity index (χ2n) is 5.38. The number of nitrogens with one attached hydrogen (secondary N) is 1. The Morgan fingerprint density at radius 3 is 2.75 bits per heavy atom. The van der Waals surface area contributed by atoms with Crippen LogP contribution in [0.15, 0.2) is 36.5 Å². The van der Waals surface area contributed by atoms with Gasteiger partial charge in [-0.2, -0.15) is 16.9 Å². The van der Waals surface area contributed by atoms with Gasteiger partial charge in [-0.05, 0) is 23.8 Å². The number of carbonyl (C=O) groups excluding carboxylic acids is 1. The average Bonchev–Trinajstić information content (AvgIpc) is 2.99. The van der Waals surface area contributed by atoms with Crippen molar-refractivity contribution in [2.24, 2.45) is 7.05 Å². The van der Waals surface area contributed by atoms with Crippen molar-refractivity contribution in [3.05, 3.63) is 53.6 Å². The van der Waals surface area contributed by atoms with Gasteiger partial charge in [-0.3, -0.25) is 9.48 Å². The van der Waals surface area contributed by atoms with Gasteiger partial charge in [0.05, 0.1) is 18.3 Å². The highest BCUT2D eigenvalue weighted by atomic mass is 32.2. The fourth-order valence-electron chi connectivity index (χ4n) is 2.30. The zero-order chi connectivity index (χ0) is 17.4. The van der Waals surface area contributed by atoms with E-state index in [1.807, 2.05) is 13.1 Å². The third kappa shape index (κ3) is 5.65. The Bertz CT molecular complexity index is 646. The molecule has 130 valence electrons. The minimum atomic E-state index is -0.234. The molecule has 2 aromatic rings. The number of benzene rings is 1. The Morgan fingerprint density at radius 1 is 1.38 bits per heavy atom. The Balaban J connectivity index is 1.75. The maximum absolute atomic E-state index is 12.8. The number of hydrogen-bond donors (Lipinski definition) is 1. The summed E-state index contributed by atoms with van der Waals surface area (Å²) in [7, 11) is 3.44. The summed E-state index contributed by atoms with van der Waals surface area (Å²) in [5.74, 6) is 1.21. The van der Waals surface area contributed by atoms with Gasteiger partial charge >= 0.3 is 0 Å².